The number of carboxylic acid groups (broad SMARTS) is 1. The first-order valence-electron chi connectivity index (χ1n) is 5.38. The van der Waals surface area contributed by atoms with Gasteiger partial charge >= 0.3 is 5.97 Å². The summed E-state index contributed by atoms with van der Waals surface area (Å²) in [5.41, 5.74) is 0.342. The Morgan fingerprint density at radius 1 is 1.39 bits per heavy atom. The maximum absolute atomic E-state index is 10.8. The molecule has 0 unspecified atom stereocenters. The first kappa shape index (κ1) is 12.6. The largest absolute Gasteiger partial charge is 0.476 e. The van der Waals surface area contributed by atoms with Gasteiger partial charge in [0.2, 0.25) is 0 Å². The van der Waals surface area contributed by atoms with Crippen molar-refractivity contribution in [2.45, 2.75) is 19.3 Å². The summed E-state index contributed by atoms with van der Waals surface area (Å²) >= 11 is 5.95. The molecule has 1 aromatic carbocycles. The van der Waals surface area contributed by atoms with Crippen LogP contribution in [0.4, 0.5) is 0 Å². The standard InChI is InChI=1S/C13H12ClNO3/c1-13(2,8-4-3-5-9(14)6-8)11-7-10(12(16)17)15-18-11/h3-7H,1-2H3,(H,16,17). The molecule has 18 heavy (non-hydrogen) atoms. The number of hydrogen-bond acceptors (Lipinski definition) is 3. The van der Waals surface area contributed by atoms with E-state index in [1.807, 2.05) is 32.0 Å². The van der Waals surface area contributed by atoms with Gasteiger partial charge in [-0.15, -0.1) is 0 Å². The molecule has 0 fully saturated rings. The van der Waals surface area contributed by atoms with Crippen molar-refractivity contribution in [3.8, 4) is 0 Å². The summed E-state index contributed by atoms with van der Waals surface area (Å²) in [6, 6.07) is 8.79. The minimum atomic E-state index is -1.10. The Kier molecular flexibility index (Phi) is 3.13. The number of halogens is 1. The number of rotatable bonds is 3. The van der Waals surface area contributed by atoms with Crippen molar-refractivity contribution in [3.63, 3.8) is 0 Å². The third-order valence-electron chi connectivity index (χ3n) is 2.89. The molecule has 2 rings (SSSR count). The van der Waals surface area contributed by atoms with E-state index in [-0.39, 0.29) is 5.69 Å². The summed E-state index contributed by atoms with van der Waals surface area (Å²) in [7, 11) is 0. The molecule has 5 heteroatoms. The molecule has 0 saturated carbocycles. The normalized spacial score (nSPS) is 11.5. The van der Waals surface area contributed by atoms with Crippen LogP contribution >= 0.6 is 11.6 Å². The highest BCUT2D eigenvalue weighted by Crippen LogP contribution is 2.33. The van der Waals surface area contributed by atoms with Crippen LogP contribution < -0.4 is 0 Å². The maximum atomic E-state index is 10.8. The molecule has 0 aliphatic rings. The van der Waals surface area contributed by atoms with Gasteiger partial charge in [0.05, 0.1) is 5.41 Å². The second kappa shape index (κ2) is 4.46. The lowest BCUT2D eigenvalue weighted by molar-refractivity contribution is 0.0685. The van der Waals surface area contributed by atoms with E-state index in [4.69, 9.17) is 21.2 Å². The molecule has 4 nitrogen and oxygen atoms in total. The summed E-state index contributed by atoms with van der Waals surface area (Å²) in [5.74, 6) is -0.617. The van der Waals surface area contributed by atoms with Crippen molar-refractivity contribution in [1.29, 1.82) is 0 Å². The van der Waals surface area contributed by atoms with E-state index in [0.29, 0.717) is 10.8 Å². The van der Waals surface area contributed by atoms with Crippen LogP contribution in [0.2, 0.25) is 5.02 Å². The van der Waals surface area contributed by atoms with Gasteiger partial charge in [0.15, 0.2) is 5.69 Å². The zero-order valence-electron chi connectivity index (χ0n) is 9.98. The van der Waals surface area contributed by atoms with Crippen molar-refractivity contribution in [2.24, 2.45) is 0 Å². The van der Waals surface area contributed by atoms with Gasteiger partial charge in [-0.05, 0) is 31.5 Å². The van der Waals surface area contributed by atoms with E-state index in [2.05, 4.69) is 5.16 Å². The Morgan fingerprint density at radius 2 is 2.11 bits per heavy atom. The first-order chi connectivity index (χ1) is 8.41. The van der Waals surface area contributed by atoms with Crippen molar-refractivity contribution < 1.29 is 14.4 Å². The lowest BCUT2D eigenvalue weighted by Gasteiger charge is -2.21. The van der Waals surface area contributed by atoms with Crippen LogP contribution in [0.25, 0.3) is 0 Å². The highest BCUT2D eigenvalue weighted by atomic mass is 35.5. The Balaban J connectivity index is 2.43. The van der Waals surface area contributed by atoms with Gasteiger partial charge in [0, 0.05) is 11.1 Å². The van der Waals surface area contributed by atoms with Crippen LogP contribution in [0.15, 0.2) is 34.9 Å². The second-order valence-electron chi connectivity index (χ2n) is 4.52. The van der Waals surface area contributed by atoms with Gasteiger partial charge in [-0.3, -0.25) is 0 Å². The van der Waals surface area contributed by atoms with Crippen LogP contribution in [0.5, 0.6) is 0 Å². The molecular weight excluding hydrogens is 254 g/mol. The molecule has 1 aromatic heterocycles. The quantitative estimate of drug-likeness (QED) is 0.924. The summed E-state index contributed by atoms with van der Waals surface area (Å²) in [6.45, 7) is 3.84. The van der Waals surface area contributed by atoms with Crippen LogP contribution in [-0.4, -0.2) is 16.2 Å². The number of carboxylic acids is 1. The number of nitrogens with zero attached hydrogens (tertiary/aromatic N) is 1. The molecule has 2 aromatic rings. The van der Waals surface area contributed by atoms with E-state index < -0.39 is 11.4 Å². The molecule has 0 saturated heterocycles. The summed E-state index contributed by atoms with van der Waals surface area (Å²) < 4.78 is 5.11. The average molecular weight is 266 g/mol. The zero-order valence-corrected chi connectivity index (χ0v) is 10.7. The third-order valence-corrected chi connectivity index (χ3v) is 3.13. The second-order valence-corrected chi connectivity index (χ2v) is 4.95. The van der Waals surface area contributed by atoms with Crippen LogP contribution in [0.3, 0.4) is 0 Å². The smallest absolute Gasteiger partial charge is 0.358 e. The first-order valence-corrected chi connectivity index (χ1v) is 5.75. The van der Waals surface area contributed by atoms with Crippen molar-refractivity contribution in [1.82, 2.24) is 5.16 Å². The fourth-order valence-electron chi connectivity index (χ4n) is 1.69. The zero-order chi connectivity index (χ0) is 13.3. The lowest BCUT2D eigenvalue weighted by Crippen LogP contribution is -2.18. The Hall–Kier alpha value is -1.81. The molecule has 0 bridgehead atoms. The Labute approximate surface area is 109 Å². The number of aromatic nitrogens is 1. The SMILES string of the molecule is CC(C)(c1cccc(Cl)c1)c1cc(C(=O)O)no1. The lowest BCUT2D eigenvalue weighted by atomic mass is 9.82. The summed E-state index contributed by atoms with van der Waals surface area (Å²) in [6.07, 6.45) is 0. The average Bonchev–Trinajstić information content (AvgIpc) is 2.79. The molecular formula is C13H12ClNO3. The number of benzene rings is 1. The molecule has 0 radical (unpaired) electrons. The maximum Gasteiger partial charge on any atom is 0.358 e. The van der Waals surface area contributed by atoms with Crippen molar-refractivity contribution in [3.05, 3.63) is 52.4 Å². The van der Waals surface area contributed by atoms with Gasteiger partial charge in [-0.1, -0.05) is 28.9 Å². The van der Waals surface area contributed by atoms with Crippen LogP contribution in [-0.2, 0) is 5.41 Å². The van der Waals surface area contributed by atoms with Crippen LogP contribution in [0, 0.1) is 0 Å². The van der Waals surface area contributed by atoms with Crippen LogP contribution in [0.1, 0.15) is 35.7 Å². The predicted octanol–water partition coefficient (Wildman–Crippen LogP) is 3.35. The van der Waals surface area contributed by atoms with E-state index in [1.165, 1.54) is 6.07 Å². The Bertz CT molecular complexity index is 589. The van der Waals surface area contributed by atoms with Gasteiger partial charge in [-0.25, -0.2) is 4.79 Å². The topological polar surface area (TPSA) is 63.3 Å². The predicted molar refractivity (Wildman–Crippen MR) is 67.0 cm³/mol. The Morgan fingerprint density at radius 3 is 2.67 bits per heavy atom. The van der Waals surface area contributed by atoms with Gasteiger partial charge in [0.1, 0.15) is 5.76 Å². The monoisotopic (exact) mass is 265 g/mol. The van der Waals surface area contributed by atoms with E-state index in [9.17, 15) is 4.79 Å². The highest BCUT2D eigenvalue weighted by Gasteiger charge is 2.29. The van der Waals surface area contributed by atoms with E-state index in [0.717, 1.165) is 5.56 Å². The minimum absolute atomic E-state index is 0.0971. The molecule has 0 spiro atoms. The summed E-state index contributed by atoms with van der Waals surface area (Å²) in [4.78, 5) is 10.8. The molecule has 0 amide bonds. The molecule has 0 aliphatic heterocycles. The molecule has 0 aliphatic carbocycles. The van der Waals surface area contributed by atoms with E-state index in [1.54, 1.807) is 6.07 Å². The van der Waals surface area contributed by atoms with E-state index >= 15 is 0 Å². The van der Waals surface area contributed by atoms with Gasteiger partial charge < -0.3 is 9.63 Å². The molecule has 1 heterocycles. The van der Waals surface area contributed by atoms with Gasteiger partial charge in [0.25, 0.3) is 0 Å². The number of aromatic carboxylic acids is 1. The summed E-state index contributed by atoms with van der Waals surface area (Å²) in [5, 5.41) is 13.0. The molecule has 0 atom stereocenters. The van der Waals surface area contributed by atoms with Crippen molar-refractivity contribution in [2.75, 3.05) is 0 Å². The van der Waals surface area contributed by atoms with Gasteiger partial charge in [-0.2, -0.15) is 0 Å². The fraction of sp³-hybridized carbons (Fsp3) is 0.231. The third kappa shape index (κ3) is 2.24. The van der Waals surface area contributed by atoms with Crippen molar-refractivity contribution >= 4 is 17.6 Å². The number of carbonyl (C=O) groups is 1. The highest BCUT2D eigenvalue weighted by molar-refractivity contribution is 6.30. The molecule has 94 valence electrons. The molecule has 1 N–H and O–H groups in total. The fourth-order valence-corrected chi connectivity index (χ4v) is 1.88. The number of hydrogen-bond donors (Lipinski definition) is 1. The minimum Gasteiger partial charge on any atom is -0.476 e.